The molecule has 1 N–H and O–H groups in total. The molecule has 3 rings (SSSR count). The molecule has 0 spiro atoms. The first-order chi connectivity index (χ1) is 12.7. The Bertz CT molecular complexity index is 732. The van der Waals surface area contributed by atoms with Crippen LogP contribution in [0.5, 0.6) is 0 Å². The molecular formula is C23H30BN2. The van der Waals surface area contributed by atoms with Crippen LogP contribution in [0, 0.1) is 6.92 Å². The fourth-order valence-electron chi connectivity index (χ4n) is 2.63. The van der Waals surface area contributed by atoms with Gasteiger partial charge in [0.25, 0.3) is 0 Å². The van der Waals surface area contributed by atoms with Gasteiger partial charge >= 0.3 is 0 Å². The summed E-state index contributed by atoms with van der Waals surface area (Å²) >= 11 is 0. The molecule has 3 aromatic rings. The van der Waals surface area contributed by atoms with Gasteiger partial charge in [-0.1, -0.05) is 91.5 Å². The lowest BCUT2D eigenvalue weighted by atomic mass is 9.65. The first-order valence-electron chi connectivity index (χ1n) is 9.67. The molecule has 1 radical (unpaired) electrons. The van der Waals surface area contributed by atoms with Gasteiger partial charge in [0.15, 0.2) is 7.28 Å². The van der Waals surface area contributed by atoms with E-state index in [0.29, 0.717) is 0 Å². The van der Waals surface area contributed by atoms with Crippen LogP contribution in [0.4, 0.5) is 0 Å². The molecule has 1 aromatic heterocycles. The summed E-state index contributed by atoms with van der Waals surface area (Å²) in [5.41, 5.74) is 5.25. The van der Waals surface area contributed by atoms with Gasteiger partial charge in [0.1, 0.15) is 5.82 Å². The normalized spacial score (nSPS) is 10.1. The maximum absolute atomic E-state index is 4.23. The minimum atomic E-state index is 1.00. The van der Waals surface area contributed by atoms with Crippen LogP contribution >= 0.6 is 0 Å². The Labute approximate surface area is 159 Å². The summed E-state index contributed by atoms with van der Waals surface area (Å²) in [6, 6.07) is 19.2. The number of hydrogen-bond donors (Lipinski definition) is 1. The Hall–Kier alpha value is -2.29. The van der Waals surface area contributed by atoms with E-state index in [1.54, 1.807) is 0 Å². The van der Waals surface area contributed by atoms with Crippen LogP contribution in [-0.4, -0.2) is 17.2 Å². The van der Waals surface area contributed by atoms with Crippen molar-refractivity contribution in [2.75, 3.05) is 0 Å². The Balaban J connectivity index is 0.000000197. The first-order valence-corrected chi connectivity index (χ1v) is 9.67. The van der Waals surface area contributed by atoms with E-state index >= 15 is 0 Å². The molecule has 0 unspecified atom stereocenters. The Kier molecular flexibility index (Phi) is 8.75. The van der Waals surface area contributed by atoms with Crippen molar-refractivity contribution in [3.8, 4) is 0 Å². The zero-order chi connectivity index (χ0) is 18.6. The largest absolute Gasteiger partial charge is 0.346 e. The maximum Gasteiger partial charge on any atom is 0.156 e. The van der Waals surface area contributed by atoms with E-state index in [-0.39, 0.29) is 0 Å². The minimum Gasteiger partial charge on any atom is -0.346 e. The molecule has 0 fully saturated rings. The molecule has 0 amide bonds. The molecular weight excluding hydrogens is 315 g/mol. The van der Waals surface area contributed by atoms with E-state index in [4.69, 9.17) is 0 Å². The number of aromatic amines is 1. The summed E-state index contributed by atoms with van der Waals surface area (Å²) in [6.07, 6.45) is 7.61. The molecule has 0 atom stereocenters. The molecule has 0 saturated heterocycles. The summed E-state index contributed by atoms with van der Waals surface area (Å²) in [4.78, 5) is 7.52. The van der Waals surface area contributed by atoms with E-state index in [1.165, 1.54) is 35.1 Å². The van der Waals surface area contributed by atoms with Crippen LogP contribution in [0.15, 0.2) is 60.8 Å². The lowest BCUT2D eigenvalue weighted by Crippen LogP contribution is -2.15. The van der Waals surface area contributed by atoms with Crippen LogP contribution in [0.2, 0.25) is 0 Å². The van der Waals surface area contributed by atoms with E-state index in [1.807, 2.05) is 12.3 Å². The molecule has 0 saturated carbocycles. The molecule has 2 aromatic carbocycles. The van der Waals surface area contributed by atoms with Gasteiger partial charge in [0, 0.05) is 18.3 Å². The molecule has 0 aliphatic rings. The SMILES string of the molecule is CCCCc1cnc(CC)[nH]1.Cc1ccc(C[B]c2ccccc2)cc1. The monoisotopic (exact) mass is 345 g/mol. The average Bonchev–Trinajstić information content (AvgIpc) is 3.15. The topological polar surface area (TPSA) is 28.7 Å². The second-order valence-electron chi connectivity index (χ2n) is 6.62. The van der Waals surface area contributed by atoms with Gasteiger partial charge in [-0.15, -0.1) is 0 Å². The van der Waals surface area contributed by atoms with Gasteiger partial charge < -0.3 is 4.98 Å². The van der Waals surface area contributed by atoms with E-state index in [9.17, 15) is 0 Å². The minimum absolute atomic E-state index is 1.00. The molecule has 0 bridgehead atoms. The van der Waals surface area contributed by atoms with E-state index in [2.05, 4.69) is 86.5 Å². The number of aromatic nitrogens is 2. The molecule has 0 aliphatic heterocycles. The maximum atomic E-state index is 4.23. The van der Waals surface area contributed by atoms with Crippen molar-refractivity contribution in [2.24, 2.45) is 0 Å². The van der Waals surface area contributed by atoms with Crippen LogP contribution in [0.1, 0.15) is 49.3 Å². The highest BCUT2D eigenvalue weighted by Gasteiger charge is 1.97. The summed E-state index contributed by atoms with van der Waals surface area (Å²) < 4.78 is 0. The first kappa shape index (κ1) is 20.0. The number of nitrogens with one attached hydrogen (secondary N) is 1. The lowest BCUT2D eigenvalue weighted by Gasteiger charge is -2.01. The van der Waals surface area contributed by atoms with Gasteiger partial charge in [-0.2, -0.15) is 0 Å². The second-order valence-corrected chi connectivity index (χ2v) is 6.62. The third kappa shape index (κ3) is 7.31. The van der Waals surface area contributed by atoms with Crippen LogP contribution in [0.3, 0.4) is 0 Å². The zero-order valence-corrected chi connectivity index (χ0v) is 16.3. The fourth-order valence-corrected chi connectivity index (χ4v) is 2.63. The number of aryl methyl sites for hydroxylation is 3. The fraction of sp³-hybridized carbons (Fsp3) is 0.348. The molecule has 26 heavy (non-hydrogen) atoms. The predicted molar refractivity (Wildman–Crippen MR) is 113 cm³/mol. The second kappa shape index (κ2) is 11.4. The lowest BCUT2D eigenvalue weighted by molar-refractivity contribution is 0.777. The number of rotatable bonds is 7. The highest BCUT2D eigenvalue weighted by Crippen LogP contribution is 2.03. The number of hydrogen-bond acceptors (Lipinski definition) is 1. The van der Waals surface area contributed by atoms with Crippen molar-refractivity contribution >= 4 is 12.7 Å². The van der Waals surface area contributed by atoms with Crippen molar-refractivity contribution in [3.05, 3.63) is 83.4 Å². The number of nitrogens with zero attached hydrogens (tertiary/aromatic N) is 1. The third-order valence-electron chi connectivity index (χ3n) is 4.31. The molecule has 2 nitrogen and oxygen atoms in total. The van der Waals surface area contributed by atoms with Crippen molar-refractivity contribution in [1.29, 1.82) is 0 Å². The summed E-state index contributed by atoms with van der Waals surface area (Å²) in [6.45, 7) is 6.43. The van der Waals surface area contributed by atoms with Crippen molar-refractivity contribution < 1.29 is 0 Å². The molecule has 1 heterocycles. The highest BCUT2D eigenvalue weighted by molar-refractivity contribution is 6.52. The van der Waals surface area contributed by atoms with Gasteiger partial charge in [-0.05, 0) is 26.1 Å². The number of imidazole rings is 1. The smallest absolute Gasteiger partial charge is 0.156 e. The summed E-state index contributed by atoms with van der Waals surface area (Å²) in [5.74, 6) is 1.11. The Morgan fingerprint density at radius 1 is 0.962 bits per heavy atom. The van der Waals surface area contributed by atoms with E-state index in [0.717, 1.165) is 25.0 Å². The molecule has 135 valence electrons. The van der Waals surface area contributed by atoms with E-state index < -0.39 is 0 Å². The van der Waals surface area contributed by atoms with Gasteiger partial charge in [-0.25, -0.2) is 4.98 Å². The van der Waals surface area contributed by atoms with Crippen LogP contribution in [0.25, 0.3) is 0 Å². The molecule has 0 aliphatic carbocycles. The molecule has 3 heteroatoms. The third-order valence-corrected chi connectivity index (χ3v) is 4.31. The van der Waals surface area contributed by atoms with Crippen molar-refractivity contribution in [3.63, 3.8) is 0 Å². The summed E-state index contributed by atoms with van der Waals surface area (Å²) in [7, 11) is 2.25. The van der Waals surface area contributed by atoms with Crippen molar-refractivity contribution in [2.45, 2.75) is 52.8 Å². The number of benzene rings is 2. The van der Waals surface area contributed by atoms with Gasteiger partial charge in [-0.3, -0.25) is 0 Å². The summed E-state index contributed by atoms with van der Waals surface area (Å²) in [5, 5.41) is 0. The highest BCUT2D eigenvalue weighted by atomic mass is 14.9. The van der Waals surface area contributed by atoms with Crippen LogP contribution in [-0.2, 0) is 19.2 Å². The Morgan fingerprint density at radius 2 is 1.69 bits per heavy atom. The quantitative estimate of drug-likeness (QED) is 0.610. The van der Waals surface area contributed by atoms with Gasteiger partial charge in [0.05, 0.1) is 0 Å². The van der Waals surface area contributed by atoms with Crippen molar-refractivity contribution in [1.82, 2.24) is 9.97 Å². The van der Waals surface area contributed by atoms with Crippen LogP contribution < -0.4 is 5.46 Å². The zero-order valence-electron chi connectivity index (χ0n) is 16.3. The standard InChI is InChI=1S/C14H14B.C9H16N2/c1-12-7-9-13(10-8-12)11-15-14-5-3-2-4-6-14;1-3-5-6-8-7-10-9(4-2)11-8/h2-10H,11H2,1H3;7H,3-6H2,1-2H3,(H,10,11). The predicted octanol–water partition coefficient (Wildman–Crippen LogP) is 4.84. The number of unbranched alkanes of at least 4 members (excludes halogenated alkanes) is 1. The number of H-pyrrole nitrogens is 1. The average molecular weight is 345 g/mol. The Morgan fingerprint density at radius 3 is 2.31 bits per heavy atom. The van der Waals surface area contributed by atoms with Gasteiger partial charge in [0.2, 0.25) is 0 Å².